The van der Waals surface area contributed by atoms with Crippen LogP contribution in [0.2, 0.25) is 5.02 Å². The van der Waals surface area contributed by atoms with Gasteiger partial charge in [-0.2, -0.15) is 0 Å². The molecule has 104 valence electrons. The minimum Gasteiger partial charge on any atom is -0.316 e. The topological polar surface area (TPSA) is 32.3 Å². The number of amides is 1. The van der Waals surface area contributed by atoms with E-state index >= 15 is 0 Å². The van der Waals surface area contributed by atoms with Crippen LogP contribution in [-0.4, -0.2) is 25.5 Å². The molecule has 1 unspecified atom stereocenters. The van der Waals surface area contributed by atoms with E-state index < -0.39 is 0 Å². The standard InChI is InChI=1S/C14H17ClN2O.ClH/c15-12-4-3-10-5-7-17(13(10)8-12)14(18)11-2-1-6-16-9-11;/h3-4,8,11,16H,1-2,5-7,9H2;1H. The van der Waals surface area contributed by atoms with Gasteiger partial charge in [-0.1, -0.05) is 17.7 Å². The summed E-state index contributed by atoms with van der Waals surface area (Å²) < 4.78 is 0. The minimum absolute atomic E-state index is 0. The van der Waals surface area contributed by atoms with Crippen LogP contribution in [0.25, 0.3) is 0 Å². The van der Waals surface area contributed by atoms with E-state index in [4.69, 9.17) is 11.6 Å². The summed E-state index contributed by atoms with van der Waals surface area (Å²) in [5.74, 6) is 0.381. The Balaban J connectivity index is 0.00000133. The van der Waals surface area contributed by atoms with Gasteiger partial charge in [-0.3, -0.25) is 4.79 Å². The van der Waals surface area contributed by atoms with E-state index in [0.29, 0.717) is 5.02 Å². The zero-order valence-electron chi connectivity index (χ0n) is 10.7. The van der Waals surface area contributed by atoms with Gasteiger partial charge in [-0.05, 0) is 43.5 Å². The predicted molar refractivity (Wildman–Crippen MR) is 80.4 cm³/mol. The molecule has 2 aliphatic heterocycles. The number of nitrogens with one attached hydrogen (secondary N) is 1. The fourth-order valence-corrected chi connectivity index (χ4v) is 3.03. The van der Waals surface area contributed by atoms with Crippen molar-refractivity contribution in [3.63, 3.8) is 0 Å². The maximum absolute atomic E-state index is 12.5. The number of rotatable bonds is 1. The van der Waals surface area contributed by atoms with Crippen molar-refractivity contribution in [2.45, 2.75) is 19.3 Å². The number of piperidine rings is 1. The maximum Gasteiger partial charge on any atom is 0.231 e. The van der Waals surface area contributed by atoms with Gasteiger partial charge in [0.1, 0.15) is 0 Å². The fraction of sp³-hybridized carbons (Fsp3) is 0.500. The first-order valence-corrected chi connectivity index (χ1v) is 6.94. The van der Waals surface area contributed by atoms with Gasteiger partial charge >= 0.3 is 0 Å². The van der Waals surface area contributed by atoms with E-state index in [2.05, 4.69) is 5.32 Å². The predicted octanol–water partition coefficient (Wildman–Crippen LogP) is 2.65. The highest BCUT2D eigenvalue weighted by molar-refractivity contribution is 6.31. The summed E-state index contributed by atoms with van der Waals surface area (Å²) in [4.78, 5) is 14.4. The summed E-state index contributed by atoms with van der Waals surface area (Å²) >= 11 is 6.03. The summed E-state index contributed by atoms with van der Waals surface area (Å²) in [7, 11) is 0. The van der Waals surface area contributed by atoms with Crippen LogP contribution in [-0.2, 0) is 11.2 Å². The molecule has 2 aliphatic rings. The first kappa shape index (κ1) is 14.6. The average molecular weight is 301 g/mol. The molecule has 1 saturated heterocycles. The van der Waals surface area contributed by atoms with Crippen LogP contribution >= 0.6 is 24.0 Å². The SMILES string of the molecule is Cl.O=C(C1CCCNC1)N1CCc2ccc(Cl)cc21. The van der Waals surface area contributed by atoms with Gasteiger partial charge in [-0.25, -0.2) is 0 Å². The molecule has 1 fully saturated rings. The number of halogens is 2. The molecule has 3 nitrogen and oxygen atoms in total. The first-order chi connectivity index (χ1) is 8.75. The van der Waals surface area contributed by atoms with Crippen LogP contribution in [0, 0.1) is 5.92 Å². The number of fused-ring (bicyclic) bond motifs is 1. The third-order valence-corrected chi connectivity index (χ3v) is 4.09. The van der Waals surface area contributed by atoms with Crippen LogP contribution in [0.3, 0.4) is 0 Å². The van der Waals surface area contributed by atoms with Gasteiger partial charge in [0.25, 0.3) is 0 Å². The van der Waals surface area contributed by atoms with Gasteiger partial charge < -0.3 is 10.2 Å². The molecule has 1 aromatic carbocycles. The molecule has 0 bridgehead atoms. The number of carbonyl (C=O) groups excluding carboxylic acids is 1. The molecule has 2 heterocycles. The summed E-state index contributed by atoms with van der Waals surface area (Å²) in [6.45, 7) is 2.64. The second-order valence-corrected chi connectivity index (χ2v) is 5.49. The van der Waals surface area contributed by atoms with Gasteiger partial charge in [-0.15, -0.1) is 12.4 Å². The molecular weight excluding hydrogens is 283 g/mol. The largest absolute Gasteiger partial charge is 0.316 e. The molecule has 0 aliphatic carbocycles. The number of nitrogens with zero attached hydrogens (tertiary/aromatic N) is 1. The van der Waals surface area contributed by atoms with E-state index in [1.165, 1.54) is 5.56 Å². The van der Waals surface area contributed by atoms with Crippen LogP contribution in [0.15, 0.2) is 18.2 Å². The number of hydrogen-bond acceptors (Lipinski definition) is 2. The lowest BCUT2D eigenvalue weighted by atomic mass is 9.98. The number of hydrogen-bond donors (Lipinski definition) is 1. The Kier molecular flexibility index (Phi) is 4.71. The molecule has 19 heavy (non-hydrogen) atoms. The Labute approximate surface area is 124 Å². The summed E-state index contributed by atoms with van der Waals surface area (Å²) in [6, 6.07) is 5.85. The third-order valence-electron chi connectivity index (χ3n) is 3.86. The second-order valence-electron chi connectivity index (χ2n) is 5.06. The molecule has 5 heteroatoms. The Morgan fingerprint density at radius 3 is 3.00 bits per heavy atom. The normalized spacial score (nSPS) is 21.7. The lowest BCUT2D eigenvalue weighted by Gasteiger charge is -2.27. The lowest BCUT2D eigenvalue weighted by Crippen LogP contribution is -2.42. The van der Waals surface area contributed by atoms with E-state index in [1.54, 1.807) is 0 Å². The zero-order chi connectivity index (χ0) is 12.5. The molecule has 0 saturated carbocycles. The number of benzene rings is 1. The molecule has 1 aromatic rings. The molecule has 1 atom stereocenters. The van der Waals surface area contributed by atoms with Crippen molar-refractivity contribution in [3.8, 4) is 0 Å². The van der Waals surface area contributed by atoms with E-state index in [9.17, 15) is 4.79 Å². The van der Waals surface area contributed by atoms with Crippen molar-refractivity contribution in [2.24, 2.45) is 5.92 Å². The number of anilines is 1. The fourth-order valence-electron chi connectivity index (χ4n) is 2.86. The maximum atomic E-state index is 12.5. The monoisotopic (exact) mass is 300 g/mol. The van der Waals surface area contributed by atoms with Crippen molar-refractivity contribution in [1.82, 2.24) is 5.32 Å². The summed E-state index contributed by atoms with van der Waals surface area (Å²) in [5, 5.41) is 4.00. The third kappa shape index (κ3) is 2.88. The van der Waals surface area contributed by atoms with Gasteiger partial charge in [0.05, 0.1) is 5.92 Å². The van der Waals surface area contributed by atoms with Crippen molar-refractivity contribution in [3.05, 3.63) is 28.8 Å². The highest BCUT2D eigenvalue weighted by Gasteiger charge is 2.30. The van der Waals surface area contributed by atoms with Crippen LogP contribution in [0.5, 0.6) is 0 Å². The van der Waals surface area contributed by atoms with Crippen molar-refractivity contribution in [1.29, 1.82) is 0 Å². The molecule has 0 spiro atoms. The zero-order valence-corrected chi connectivity index (χ0v) is 12.3. The van der Waals surface area contributed by atoms with Crippen LogP contribution in [0.4, 0.5) is 5.69 Å². The van der Waals surface area contributed by atoms with Crippen LogP contribution < -0.4 is 10.2 Å². The quantitative estimate of drug-likeness (QED) is 0.865. The Bertz CT molecular complexity index is 473. The van der Waals surface area contributed by atoms with Crippen molar-refractivity contribution < 1.29 is 4.79 Å². The lowest BCUT2D eigenvalue weighted by molar-refractivity contribution is -0.122. The van der Waals surface area contributed by atoms with Crippen LogP contribution in [0.1, 0.15) is 18.4 Å². The van der Waals surface area contributed by atoms with Crippen molar-refractivity contribution >= 4 is 35.6 Å². The first-order valence-electron chi connectivity index (χ1n) is 6.56. The highest BCUT2D eigenvalue weighted by atomic mass is 35.5. The van der Waals surface area contributed by atoms with E-state index in [1.807, 2.05) is 23.1 Å². The Morgan fingerprint density at radius 1 is 1.42 bits per heavy atom. The average Bonchev–Trinajstić information content (AvgIpc) is 2.82. The highest BCUT2D eigenvalue weighted by Crippen LogP contribution is 2.32. The van der Waals surface area contributed by atoms with Gasteiger partial charge in [0.15, 0.2) is 0 Å². The van der Waals surface area contributed by atoms with E-state index in [-0.39, 0.29) is 24.2 Å². The van der Waals surface area contributed by atoms with Crippen molar-refractivity contribution in [2.75, 3.05) is 24.5 Å². The smallest absolute Gasteiger partial charge is 0.231 e. The number of carbonyl (C=O) groups is 1. The molecule has 0 radical (unpaired) electrons. The molecule has 3 rings (SSSR count). The van der Waals surface area contributed by atoms with Gasteiger partial charge in [0, 0.05) is 23.8 Å². The molecular formula is C14H18Cl2N2O. The Morgan fingerprint density at radius 2 is 2.26 bits per heavy atom. The second kappa shape index (κ2) is 6.12. The minimum atomic E-state index is 0. The molecule has 1 amide bonds. The Hall–Kier alpha value is -0.770. The van der Waals surface area contributed by atoms with E-state index in [0.717, 1.165) is 44.6 Å². The van der Waals surface area contributed by atoms with Gasteiger partial charge in [0.2, 0.25) is 5.91 Å². The molecule has 0 aromatic heterocycles. The summed E-state index contributed by atoms with van der Waals surface area (Å²) in [6.07, 6.45) is 3.03. The molecule has 1 N–H and O–H groups in total. The summed E-state index contributed by atoms with van der Waals surface area (Å²) in [5.41, 5.74) is 2.24.